The number of ether oxygens (including phenoxy) is 1. The largest absolute Gasteiger partial charge is 0.462 e. The number of rotatable bonds is 6. The zero-order valence-electron chi connectivity index (χ0n) is 11.7. The molecule has 0 spiro atoms. The van der Waals surface area contributed by atoms with E-state index in [9.17, 15) is 4.79 Å². The molecule has 0 saturated heterocycles. The summed E-state index contributed by atoms with van der Waals surface area (Å²) in [6.45, 7) is 2.81. The Bertz CT molecular complexity index is 580. The number of aryl methyl sites for hydroxylation is 1. The number of carbonyl (C=O) groups is 1. The Morgan fingerprint density at radius 1 is 1.50 bits per heavy atom. The van der Waals surface area contributed by atoms with Crippen molar-refractivity contribution in [1.29, 1.82) is 0 Å². The van der Waals surface area contributed by atoms with Crippen LogP contribution >= 0.6 is 0 Å². The van der Waals surface area contributed by atoms with Gasteiger partial charge >= 0.3 is 5.97 Å². The third-order valence-corrected chi connectivity index (χ3v) is 2.77. The Hall–Kier alpha value is -2.37. The molecule has 0 atom stereocenters. The summed E-state index contributed by atoms with van der Waals surface area (Å²) < 4.78 is 6.77. The number of esters is 1. The molecule has 0 aromatic carbocycles. The number of nitrogens with one attached hydrogen (secondary N) is 1. The lowest BCUT2D eigenvalue weighted by atomic mass is 10.2. The molecule has 0 fully saturated rings. The number of aromatic nitrogens is 3. The number of pyridine rings is 1. The van der Waals surface area contributed by atoms with E-state index in [1.165, 1.54) is 0 Å². The van der Waals surface area contributed by atoms with Gasteiger partial charge in [0, 0.05) is 26.0 Å². The molecule has 1 N–H and O–H groups in total. The highest BCUT2D eigenvalue weighted by molar-refractivity contribution is 5.94. The van der Waals surface area contributed by atoms with Crippen molar-refractivity contribution in [3.05, 3.63) is 41.9 Å². The third-order valence-electron chi connectivity index (χ3n) is 2.77. The number of hydrogen-bond acceptors (Lipinski definition) is 5. The maximum Gasteiger partial charge on any atom is 0.341 e. The van der Waals surface area contributed by atoms with Gasteiger partial charge in [-0.25, -0.2) is 9.78 Å². The van der Waals surface area contributed by atoms with Crippen LogP contribution in [0.1, 0.15) is 22.8 Å². The number of anilines is 1. The van der Waals surface area contributed by atoms with E-state index in [1.54, 1.807) is 29.9 Å². The van der Waals surface area contributed by atoms with Crippen molar-refractivity contribution < 1.29 is 9.53 Å². The minimum absolute atomic E-state index is 0.350. The molecule has 106 valence electrons. The van der Waals surface area contributed by atoms with Crippen molar-refractivity contribution >= 4 is 11.8 Å². The van der Waals surface area contributed by atoms with Gasteiger partial charge < -0.3 is 10.1 Å². The standard InChI is InChI=1S/C14H18N4O2/c1-3-20-14(19)12-5-4-7-15-13(12)16-8-6-11-9-17-18(2)10-11/h4-5,7,9-10H,3,6,8H2,1-2H3,(H,15,16). The Labute approximate surface area is 117 Å². The predicted molar refractivity (Wildman–Crippen MR) is 75.6 cm³/mol. The third kappa shape index (κ3) is 3.57. The minimum Gasteiger partial charge on any atom is -0.462 e. The van der Waals surface area contributed by atoms with Crippen molar-refractivity contribution in [2.45, 2.75) is 13.3 Å². The molecule has 2 aromatic rings. The number of hydrogen-bond donors (Lipinski definition) is 1. The van der Waals surface area contributed by atoms with E-state index in [-0.39, 0.29) is 5.97 Å². The van der Waals surface area contributed by atoms with Crippen molar-refractivity contribution in [3.63, 3.8) is 0 Å². The van der Waals surface area contributed by atoms with Crippen LogP contribution in [0.3, 0.4) is 0 Å². The van der Waals surface area contributed by atoms with Gasteiger partial charge in [-0.2, -0.15) is 5.10 Å². The predicted octanol–water partition coefficient (Wildman–Crippen LogP) is 1.65. The van der Waals surface area contributed by atoms with Crippen LogP contribution in [0, 0.1) is 0 Å². The van der Waals surface area contributed by atoms with E-state index in [0.29, 0.717) is 24.5 Å². The van der Waals surface area contributed by atoms with Crippen molar-refractivity contribution in [2.75, 3.05) is 18.5 Å². The lowest BCUT2D eigenvalue weighted by Crippen LogP contribution is -2.13. The maximum atomic E-state index is 11.8. The highest BCUT2D eigenvalue weighted by atomic mass is 16.5. The zero-order valence-corrected chi connectivity index (χ0v) is 11.7. The van der Waals surface area contributed by atoms with Crippen LogP contribution < -0.4 is 5.32 Å². The molecule has 0 saturated carbocycles. The molecule has 0 amide bonds. The normalized spacial score (nSPS) is 10.3. The lowest BCUT2D eigenvalue weighted by molar-refractivity contribution is 0.0527. The molecule has 2 rings (SSSR count). The van der Waals surface area contributed by atoms with Crippen LogP contribution in [-0.2, 0) is 18.2 Å². The molecule has 0 aliphatic carbocycles. The summed E-state index contributed by atoms with van der Waals surface area (Å²) in [6, 6.07) is 3.43. The molecular formula is C14H18N4O2. The molecule has 6 nitrogen and oxygen atoms in total. The van der Waals surface area contributed by atoms with Gasteiger partial charge in [-0.05, 0) is 31.0 Å². The van der Waals surface area contributed by atoms with E-state index in [1.807, 2.05) is 19.4 Å². The van der Waals surface area contributed by atoms with E-state index >= 15 is 0 Å². The first kappa shape index (κ1) is 14.0. The van der Waals surface area contributed by atoms with Crippen LogP contribution in [0.25, 0.3) is 0 Å². The number of carbonyl (C=O) groups excluding carboxylic acids is 1. The maximum absolute atomic E-state index is 11.8. The molecule has 6 heteroatoms. The Morgan fingerprint density at radius 3 is 3.05 bits per heavy atom. The fourth-order valence-electron chi connectivity index (χ4n) is 1.85. The van der Waals surface area contributed by atoms with Gasteiger partial charge in [-0.3, -0.25) is 4.68 Å². The second kappa shape index (κ2) is 6.70. The first-order valence-electron chi connectivity index (χ1n) is 6.54. The SMILES string of the molecule is CCOC(=O)c1cccnc1NCCc1cnn(C)c1. The van der Waals surface area contributed by atoms with Gasteiger partial charge in [0.15, 0.2) is 0 Å². The smallest absolute Gasteiger partial charge is 0.341 e. The van der Waals surface area contributed by atoms with Crippen molar-refractivity contribution in [1.82, 2.24) is 14.8 Å². The fourth-order valence-corrected chi connectivity index (χ4v) is 1.85. The molecular weight excluding hydrogens is 256 g/mol. The minimum atomic E-state index is -0.357. The molecule has 0 aliphatic rings. The Balaban J connectivity index is 1.97. The monoisotopic (exact) mass is 274 g/mol. The first-order chi connectivity index (χ1) is 9.70. The molecule has 2 heterocycles. The van der Waals surface area contributed by atoms with Crippen molar-refractivity contribution in [3.8, 4) is 0 Å². The average Bonchev–Trinajstić information content (AvgIpc) is 2.85. The second-order valence-electron chi connectivity index (χ2n) is 4.32. The van der Waals surface area contributed by atoms with Gasteiger partial charge in [0.05, 0.1) is 12.8 Å². The van der Waals surface area contributed by atoms with Crippen LogP contribution in [0.5, 0.6) is 0 Å². The molecule has 0 unspecified atom stereocenters. The van der Waals surface area contributed by atoms with Gasteiger partial charge in [-0.15, -0.1) is 0 Å². The van der Waals surface area contributed by atoms with Gasteiger partial charge in [0.1, 0.15) is 11.4 Å². The highest BCUT2D eigenvalue weighted by Gasteiger charge is 2.12. The Morgan fingerprint density at radius 2 is 2.35 bits per heavy atom. The van der Waals surface area contributed by atoms with Crippen molar-refractivity contribution in [2.24, 2.45) is 7.05 Å². The second-order valence-corrected chi connectivity index (χ2v) is 4.32. The van der Waals surface area contributed by atoms with Gasteiger partial charge in [0.25, 0.3) is 0 Å². The highest BCUT2D eigenvalue weighted by Crippen LogP contribution is 2.13. The topological polar surface area (TPSA) is 69.0 Å². The van der Waals surface area contributed by atoms with Gasteiger partial charge in [-0.1, -0.05) is 0 Å². The number of nitrogens with zero attached hydrogens (tertiary/aromatic N) is 3. The summed E-state index contributed by atoms with van der Waals surface area (Å²) in [5.41, 5.74) is 1.59. The summed E-state index contributed by atoms with van der Waals surface area (Å²) in [4.78, 5) is 16.0. The van der Waals surface area contributed by atoms with E-state index in [0.717, 1.165) is 12.0 Å². The molecule has 20 heavy (non-hydrogen) atoms. The first-order valence-corrected chi connectivity index (χ1v) is 6.54. The fraction of sp³-hybridized carbons (Fsp3) is 0.357. The van der Waals surface area contributed by atoms with Crippen LogP contribution in [0.4, 0.5) is 5.82 Å². The average molecular weight is 274 g/mol. The molecule has 0 bridgehead atoms. The van der Waals surface area contributed by atoms with Crippen LogP contribution in [0.15, 0.2) is 30.7 Å². The summed E-state index contributed by atoms with van der Waals surface area (Å²) in [5, 5.41) is 7.27. The van der Waals surface area contributed by atoms with E-state index in [2.05, 4.69) is 15.4 Å². The molecule has 0 aliphatic heterocycles. The van der Waals surface area contributed by atoms with Gasteiger partial charge in [0.2, 0.25) is 0 Å². The zero-order chi connectivity index (χ0) is 14.4. The Kier molecular flexibility index (Phi) is 4.70. The summed E-state index contributed by atoms with van der Waals surface area (Å²) in [5.74, 6) is 0.194. The molecule has 2 aromatic heterocycles. The quantitative estimate of drug-likeness (QED) is 0.811. The van der Waals surface area contributed by atoms with E-state index < -0.39 is 0 Å². The van der Waals surface area contributed by atoms with Crippen LogP contribution in [0.2, 0.25) is 0 Å². The summed E-state index contributed by atoms with van der Waals surface area (Å²) in [7, 11) is 1.88. The summed E-state index contributed by atoms with van der Waals surface area (Å²) in [6.07, 6.45) is 6.25. The van der Waals surface area contributed by atoms with E-state index in [4.69, 9.17) is 4.74 Å². The van der Waals surface area contributed by atoms with Crippen LogP contribution in [-0.4, -0.2) is 33.9 Å². The summed E-state index contributed by atoms with van der Waals surface area (Å²) >= 11 is 0. The molecule has 0 radical (unpaired) electrons. The lowest BCUT2D eigenvalue weighted by Gasteiger charge is -2.09.